The SMILES string of the molecule is C=CCNCC(=O)NC#N. The summed E-state index contributed by atoms with van der Waals surface area (Å²) in [6.07, 6.45) is 3.17. The van der Waals surface area contributed by atoms with Crippen LogP contribution in [0.2, 0.25) is 0 Å². The van der Waals surface area contributed by atoms with Crippen LogP contribution in [0.15, 0.2) is 12.7 Å². The highest BCUT2D eigenvalue weighted by Crippen LogP contribution is 1.62. The van der Waals surface area contributed by atoms with Gasteiger partial charge in [0.25, 0.3) is 0 Å². The third-order valence-corrected chi connectivity index (χ3v) is 0.770. The molecule has 54 valence electrons. The maximum absolute atomic E-state index is 10.5. The molecular weight excluding hydrogens is 130 g/mol. The van der Waals surface area contributed by atoms with Gasteiger partial charge in [0.05, 0.1) is 6.54 Å². The minimum atomic E-state index is -0.329. The van der Waals surface area contributed by atoms with Crippen molar-refractivity contribution in [1.29, 1.82) is 5.26 Å². The topological polar surface area (TPSA) is 64.9 Å². The molecule has 0 aromatic rings. The van der Waals surface area contributed by atoms with Gasteiger partial charge >= 0.3 is 0 Å². The Bertz CT molecular complexity index is 159. The number of nitriles is 1. The van der Waals surface area contributed by atoms with Gasteiger partial charge in [-0.25, -0.2) is 0 Å². The van der Waals surface area contributed by atoms with Crippen molar-refractivity contribution in [2.75, 3.05) is 13.1 Å². The highest BCUT2D eigenvalue weighted by molar-refractivity contribution is 5.79. The lowest BCUT2D eigenvalue weighted by atomic mass is 10.5. The highest BCUT2D eigenvalue weighted by Gasteiger charge is 1.94. The van der Waals surface area contributed by atoms with Gasteiger partial charge in [-0.2, -0.15) is 5.26 Å². The largest absolute Gasteiger partial charge is 0.305 e. The van der Waals surface area contributed by atoms with Crippen LogP contribution in [-0.4, -0.2) is 19.0 Å². The molecule has 4 nitrogen and oxygen atoms in total. The number of rotatable bonds is 4. The molecule has 0 aliphatic heterocycles. The lowest BCUT2D eigenvalue weighted by Crippen LogP contribution is -2.30. The molecule has 0 bridgehead atoms. The first kappa shape index (κ1) is 8.66. The number of nitrogens with zero attached hydrogens (tertiary/aromatic N) is 1. The Morgan fingerprint density at radius 3 is 3.00 bits per heavy atom. The molecule has 0 spiro atoms. The molecule has 0 unspecified atom stereocenters. The second-order valence-corrected chi connectivity index (χ2v) is 1.58. The molecule has 0 rings (SSSR count). The van der Waals surface area contributed by atoms with Crippen molar-refractivity contribution in [3.8, 4) is 6.19 Å². The molecule has 4 heteroatoms. The minimum absolute atomic E-state index is 0.152. The summed E-state index contributed by atoms with van der Waals surface area (Å²) in [6, 6.07) is 0. The van der Waals surface area contributed by atoms with Gasteiger partial charge < -0.3 is 5.32 Å². The Balaban J connectivity index is 3.23. The van der Waals surface area contributed by atoms with Gasteiger partial charge in [-0.3, -0.25) is 10.1 Å². The van der Waals surface area contributed by atoms with E-state index in [0.717, 1.165) is 0 Å². The van der Waals surface area contributed by atoms with Gasteiger partial charge in [0, 0.05) is 6.54 Å². The zero-order chi connectivity index (χ0) is 7.82. The van der Waals surface area contributed by atoms with Gasteiger partial charge in [-0.15, -0.1) is 6.58 Å². The van der Waals surface area contributed by atoms with Crippen molar-refractivity contribution in [3.05, 3.63) is 12.7 Å². The number of hydrogen-bond acceptors (Lipinski definition) is 3. The lowest BCUT2D eigenvalue weighted by molar-refractivity contribution is -0.119. The van der Waals surface area contributed by atoms with E-state index < -0.39 is 0 Å². The molecule has 0 radical (unpaired) electrons. The lowest BCUT2D eigenvalue weighted by Gasteiger charge is -1.96. The second-order valence-electron chi connectivity index (χ2n) is 1.58. The van der Waals surface area contributed by atoms with Gasteiger partial charge in [-0.1, -0.05) is 6.08 Å². The van der Waals surface area contributed by atoms with Crippen molar-refractivity contribution in [1.82, 2.24) is 10.6 Å². The van der Waals surface area contributed by atoms with Crippen molar-refractivity contribution in [3.63, 3.8) is 0 Å². The quantitative estimate of drug-likeness (QED) is 0.235. The summed E-state index contributed by atoms with van der Waals surface area (Å²) in [5.41, 5.74) is 0. The summed E-state index contributed by atoms with van der Waals surface area (Å²) in [5.74, 6) is -0.329. The van der Waals surface area contributed by atoms with Crippen LogP contribution < -0.4 is 10.6 Å². The van der Waals surface area contributed by atoms with E-state index in [1.165, 1.54) is 6.19 Å². The van der Waals surface area contributed by atoms with Crippen LogP contribution >= 0.6 is 0 Å². The van der Waals surface area contributed by atoms with E-state index in [1.54, 1.807) is 6.08 Å². The predicted octanol–water partition coefficient (Wildman–Crippen LogP) is -0.641. The summed E-state index contributed by atoms with van der Waals surface area (Å²) < 4.78 is 0. The predicted molar refractivity (Wildman–Crippen MR) is 36.8 cm³/mol. The first-order valence-electron chi connectivity index (χ1n) is 2.80. The van der Waals surface area contributed by atoms with Crippen LogP contribution in [0.25, 0.3) is 0 Å². The standard InChI is InChI=1S/C6H9N3O/c1-2-3-8-4-6(10)9-5-7/h2,8H,1,3-4H2,(H,9,10). The summed E-state index contributed by atoms with van der Waals surface area (Å²) in [5, 5.41) is 12.7. The Morgan fingerprint density at radius 2 is 2.50 bits per heavy atom. The van der Waals surface area contributed by atoms with E-state index in [1.807, 2.05) is 5.32 Å². The van der Waals surface area contributed by atoms with Gasteiger partial charge in [0.1, 0.15) is 0 Å². The highest BCUT2D eigenvalue weighted by atomic mass is 16.1. The molecule has 0 aliphatic rings. The Labute approximate surface area is 59.5 Å². The molecule has 0 aliphatic carbocycles. The van der Waals surface area contributed by atoms with E-state index in [0.29, 0.717) is 6.54 Å². The molecule has 0 fully saturated rings. The summed E-state index contributed by atoms with van der Waals surface area (Å²) >= 11 is 0. The molecule has 0 saturated heterocycles. The van der Waals surface area contributed by atoms with Crippen molar-refractivity contribution in [2.45, 2.75) is 0 Å². The number of hydrogen-bond donors (Lipinski definition) is 2. The minimum Gasteiger partial charge on any atom is -0.305 e. The van der Waals surface area contributed by atoms with E-state index in [2.05, 4.69) is 11.9 Å². The first-order chi connectivity index (χ1) is 4.81. The van der Waals surface area contributed by atoms with Crippen LogP contribution in [-0.2, 0) is 4.79 Å². The average molecular weight is 139 g/mol. The van der Waals surface area contributed by atoms with Gasteiger partial charge in [-0.05, 0) is 0 Å². The maximum atomic E-state index is 10.5. The van der Waals surface area contributed by atoms with Gasteiger partial charge in [0.15, 0.2) is 6.19 Å². The van der Waals surface area contributed by atoms with Crippen molar-refractivity contribution >= 4 is 5.91 Å². The average Bonchev–Trinajstić information content (AvgIpc) is 1.89. The molecule has 0 heterocycles. The molecule has 1 amide bonds. The van der Waals surface area contributed by atoms with E-state index in [4.69, 9.17) is 5.26 Å². The molecule has 0 aromatic carbocycles. The normalized spacial score (nSPS) is 7.90. The first-order valence-corrected chi connectivity index (χ1v) is 2.80. The molecule has 0 aromatic heterocycles. The van der Waals surface area contributed by atoms with Gasteiger partial charge in [0.2, 0.25) is 5.91 Å². The third kappa shape index (κ3) is 4.81. The smallest absolute Gasteiger partial charge is 0.246 e. The second kappa shape index (κ2) is 5.79. The van der Waals surface area contributed by atoms with Crippen molar-refractivity contribution < 1.29 is 4.79 Å². The van der Waals surface area contributed by atoms with Crippen LogP contribution in [0, 0.1) is 11.5 Å². The van der Waals surface area contributed by atoms with Crippen LogP contribution in [0.5, 0.6) is 0 Å². The fourth-order valence-electron chi connectivity index (χ4n) is 0.394. The summed E-state index contributed by atoms with van der Waals surface area (Å²) in [6.45, 7) is 4.16. The molecular formula is C6H9N3O. The molecule has 2 N–H and O–H groups in total. The number of carbonyl (C=O) groups is 1. The Hall–Kier alpha value is -1.34. The number of nitrogens with one attached hydrogen (secondary N) is 2. The monoisotopic (exact) mass is 139 g/mol. The fourth-order valence-corrected chi connectivity index (χ4v) is 0.394. The maximum Gasteiger partial charge on any atom is 0.246 e. The number of carbonyl (C=O) groups excluding carboxylic acids is 1. The molecule has 0 atom stereocenters. The number of amides is 1. The zero-order valence-corrected chi connectivity index (χ0v) is 5.55. The van der Waals surface area contributed by atoms with Crippen LogP contribution in [0.3, 0.4) is 0 Å². The van der Waals surface area contributed by atoms with E-state index >= 15 is 0 Å². The molecule has 0 saturated carbocycles. The van der Waals surface area contributed by atoms with Crippen molar-refractivity contribution in [2.24, 2.45) is 0 Å². The van der Waals surface area contributed by atoms with E-state index in [-0.39, 0.29) is 12.5 Å². The summed E-state index contributed by atoms with van der Waals surface area (Å²) in [4.78, 5) is 10.5. The van der Waals surface area contributed by atoms with E-state index in [9.17, 15) is 4.79 Å². The summed E-state index contributed by atoms with van der Waals surface area (Å²) in [7, 11) is 0. The Morgan fingerprint density at radius 1 is 1.80 bits per heavy atom. The third-order valence-electron chi connectivity index (χ3n) is 0.770. The van der Waals surface area contributed by atoms with Crippen LogP contribution in [0.1, 0.15) is 0 Å². The zero-order valence-electron chi connectivity index (χ0n) is 5.55. The molecule has 10 heavy (non-hydrogen) atoms. The van der Waals surface area contributed by atoms with Crippen LogP contribution in [0.4, 0.5) is 0 Å². The Kier molecular flexibility index (Phi) is 5.01. The fraction of sp³-hybridized carbons (Fsp3) is 0.333.